The number of alkyl halides is 1. The van der Waals surface area contributed by atoms with Gasteiger partial charge in [-0.3, -0.25) is 4.79 Å². The first-order valence-corrected chi connectivity index (χ1v) is 8.29. The normalized spacial score (nSPS) is 24.1. The van der Waals surface area contributed by atoms with Crippen LogP contribution in [-0.2, 0) is 0 Å². The maximum atomic E-state index is 13.7. The number of amides is 3. The van der Waals surface area contributed by atoms with Crippen molar-refractivity contribution in [1.82, 2.24) is 15.1 Å². The smallest absolute Gasteiger partial charge is 0.317 e. The fourth-order valence-electron chi connectivity index (χ4n) is 3.24. The first-order valence-electron chi connectivity index (χ1n) is 8.29. The molecule has 24 heavy (non-hydrogen) atoms. The van der Waals surface area contributed by atoms with Gasteiger partial charge in [0, 0.05) is 26.2 Å². The van der Waals surface area contributed by atoms with Crippen LogP contribution in [0, 0.1) is 5.82 Å². The van der Waals surface area contributed by atoms with Crippen LogP contribution < -0.4 is 5.32 Å². The highest BCUT2D eigenvalue weighted by Crippen LogP contribution is 2.22. The van der Waals surface area contributed by atoms with E-state index in [9.17, 15) is 18.4 Å². The van der Waals surface area contributed by atoms with Crippen molar-refractivity contribution in [3.05, 3.63) is 35.6 Å². The Morgan fingerprint density at radius 1 is 1.04 bits per heavy atom. The Labute approximate surface area is 139 Å². The Bertz CT molecular complexity index is 618. The van der Waals surface area contributed by atoms with Gasteiger partial charge in [0.15, 0.2) is 0 Å². The van der Waals surface area contributed by atoms with Gasteiger partial charge in [-0.05, 0) is 31.4 Å². The molecule has 1 heterocycles. The third-order valence-electron chi connectivity index (χ3n) is 4.70. The van der Waals surface area contributed by atoms with E-state index in [2.05, 4.69) is 5.32 Å². The molecule has 1 aromatic carbocycles. The molecule has 130 valence electrons. The fraction of sp³-hybridized carbons (Fsp3) is 0.529. The lowest BCUT2D eigenvalue weighted by Gasteiger charge is -2.35. The summed E-state index contributed by atoms with van der Waals surface area (Å²) in [6.45, 7) is 1.39. The molecule has 1 aliphatic carbocycles. The van der Waals surface area contributed by atoms with Crippen LogP contribution in [-0.4, -0.2) is 60.1 Å². The molecule has 5 nitrogen and oxygen atoms in total. The monoisotopic (exact) mass is 337 g/mol. The van der Waals surface area contributed by atoms with Crippen molar-refractivity contribution in [2.75, 3.05) is 26.2 Å². The first kappa shape index (κ1) is 16.7. The Morgan fingerprint density at radius 3 is 2.33 bits per heavy atom. The van der Waals surface area contributed by atoms with Crippen molar-refractivity contribution in [2.24, 2.45) is 0 Å². The van der Waals surface area contributed by atoms with Crippen LogP contribution in [0.1, 0.15) is 29.6 Å². The summed E-state index contributed by atoms with van der Waals surface area (Å²) in [5.41, 5.74) is 0.0432. The van der Waals surface area contributed by atoms with Gasteiger partial charge in [0.05, 0.1) is 11.6 Å². The standard InChI is InChI=1S/C17H21F2N3O2/c18-13-5-2-1-4-12(13)16(23)21-8-10-22(11-9-21)17(24)20-15-7-3-6-14(15)19/h1-2,4-5,14-15H,3,6-11H2,(H,20,24)/t14-,15+/m1/s1. The Kier molecular flexibility index (Phi) is 4.97. The maximum absolute atomic E-state index is 13.7. The number of rotatable bonds is 2. The zero-order chi connectivity index (χ0) is 17.1. The number of halogens is 2. The van der Waals surface area contributed by atoms with E-state index < -0.39 is 18.0 Å². The number of nitrogens with zero attached hydrogens (tertiary/aromatic N) is 2. The quantitative estimate of drug-likeness (QED) is 0.899. The number of carbonyl (C=O) groups excluding carboxylic acids is 2. The van der Waals surface area contributed by atoms with E-state index in [1.165, 1.54) is 23.1 Å². The van der Waals surface area contributed by atoms with Gasteiger partial charge < -0.3 is 15.1 Å². The highest BCUT2D eigenvalue weighted by atomic mass is 19.1. The van der Waals surface area contributed by atoms with Gasteiger partial charge in [-0.2, -0.15) is 0 Å². The van der Waals surface area contributed by atoms with Crippen LogP contribution in [0.25, 0.3) is 0 Å². The van der Waals surface area contributed by atoms with Gasteiger partial charge in [0.25, 0.3) is 5.91 Å². The molecule has 0 radical (unpaired) electrons. The lowest BCUT2D eigenvalue weighted by Crippen LogP contribution is -2.55. The summed E-state index contributed by atoms with van der Waals surface area (Å²) in [5, 5.41) is 2.73. The second kappa shape index (κ2) is 7.15. The van der Waals surface area contributed by atoms with Crippen molar-refractivity contribution in [1.29, 1.82) is 0 Å². The van der Waals surface area contributed by atoms with Gasteiger partial charge >= 0.3 is 6.03 Å². The van der Waals surface area contributed by atoms with E-state index >= 15 is 0 Å². The van der Waals surface area contributed by atoms with Crippen molar-refractivity contribution < 1.29 is 18.4 Å². The van der Waals surface area contributed by atoms with Crippen LogP contribution in [0.5, 0.6) is 0 Å². The number of carbonyl (C=O) groups is 2. The van der Waals surface area contributed by atoms with Gasteiger partial charge in [-0.1, -0.05) is 12.1 Å². The summed E-state index contributed by atoms with van der Waals surface area (Å²) in [4.78, 5) is 27.6. The Morgan fingerprint density at radius 2 is 1.71 bits per heavy atom. The van der Waals surface area contributed by atoms with Crippen molar-refractivity contribution >= 4 is 11.9 Å². The minimum absolute atomic E-state index is 0.0432. The molecule has 7 heteroatoms. The number of nitrogens with one attached hydrogen (secondary N) is 1. The zero-order valence-corrected chi connectivity index (χ0v) is 13.4. The topological polar surface area (TPSA) is 52.7 Å². The molecular weight excluding hydrogens is 316 g/mol. The van der Waals surface area contributed by atoms with Crippen molar-refractivity contribution in [2.45, 2.75) is 31.5 Å². The molecule has 0 spiro atoms. The summed E-state index contributed by atoms with van der Waals surface area (Å²) in [5.74, 6) is -0.911. The number of hydrogen-bond donors (Lipinski definition) is 1. The largest absolute Gasteiger partial charge is 0.335 e. The van der Waals surface area contributed by atoms with E-state index in [1.807, 2.05) is 0 Å². The second-order valence-electron chi connectivity index (χ2n) is 6.26. The van der Waals surface area contributed by atoms with E-state index in [4.69, 9.17) is 0 Å². The molecule has 3 rings (SSSR count). The minimum atomic E-state index is -0.974. The molecule has 1 saturated heterocycles. The third kappa shape index (κ3) is 3.49. The van der Waals surface area contributed by atoms with Crippen LogP contribution in [0.15, 0.2) is 24.3 Å². The number of benzene rings is 1. The number of piperazine rings is 1. The van der Waals surface area contributed by atoms with Crippen molar-refractivity contribution in [3.8, 4) is 0 Å². The summed E-state index contributed by atoms with van der Waals surface area (Å²) >= 11 is 0. The molecule has 1 N–H and O–H groups in total. The highest BCUT2D eigenvalue weighted by molar-refractivity contribution is 5.94. The molecule has 2 aliphatic rings. The predicted octanol–water partition coefficient (Wildman–Crippen LogP) is 2.18. The summed E-state index contributed by atoms with van der Waals surface area (Å²) in [7, 11) is 0. The predicted molar refractivity (Wildman–Crippen MR) is 84.9 cm³/mol. The van der Waals surface area contributed by atoms with Crippen molar-refractivity contribution in [3.63, 3.8) is 0 Å². The summed E-state index contributed by atoms with van der Waals surface area (Å²) in [6, 6.07) is 5.17. The summed E-state index contributed by atoms with van der Waals surface area (Å²) in [6.07, 6.45) is 0.976. The highest BCUT2D eigenvalue weighted by Gasteiger charge is 2.31. The number of urea groups is 1. The lowest BCUT2D eigenvalue weighted by molar-refractivity contribution is 0.0657. The lowest BCUT2D eigenvalue weighted by atomic mass is 10.1. The minimum Gasteiger partial charge on any atom is -0.335 e. The second-order valence-corrected chi connectivity index (χ2v) is 6.26. The van der Waals surface area contributed by atoms with Crippen LogP contribution in [0.3, 0.4) is 0 Å². The summed E-state index contributed by atoms with van der Waals surface area (Å²) < 4.78 is 27.3. The average Bonchev–Trinajstić information content (AvgIpc) is 3.00. The van der Waals surface area contributed by atoms with E-state index in [1.54, 1.807) is 11.0 Å². The zero-order valence-electron chi connectivity index (χ0n) is 13.4. The van der Waals surface area contributed by atoms with Gasteiger partial charge in [0.2, 0.25) is 0 Å². The first-order chi connectivity index (χ1) is 11.6. The molecule has 1 saturated carbocycles. The number of hydrogen-bond acceptors (Lipinski definition) is 2. The molecule has 0 unspecified atom stereocenters. The van der Waals surface area contributed by atoms with E-state index in [-0.39, 0.29) is 17.5 Å². The third-order valence-corrected chi connectivity index (χ3v) is 4.70. The fourth-order valence-corrected chi connectivity index (χ4v) is 3.24. The molecule has 0 aromatic heterocycles. The molecule has 3 amide bonds. The molecule has 0 bridgehead atoms. The average molecular weight is 337 g/mol. The molecule has 1 aromatic rings. The van der Waals surface area contributed by atoms with Gasteiger partial charge in [-0.25, -0.2) is 13.6 Å². The van der Waals surface area contributed by atoms with Gasteiger partial charge in [-0.15, -0.1) is 0 Å². The van der Waals surface area contributed by atoms with Crippen LogP contribution in [0.2, 0.25) is 0 Å². The SMILES string of the molecule is O=C(N[C@H]1CCC[C@H]1F)N1CCN(C(=O)c2ccccc2F)CC1. The Balaban J connectivity index is 1.53. The van der Waals surface area contributed by atoms with Crippen LogP contribution in [0.4, 0.5) is 13.6 Å². The van der Waals surface area contributed by atoms with E-state index in [0.717, 1.165) is 6.42 Å². The van der Waals surface area contributed by atoms with Crippen LogP contribution >= 0.6 is 0 Å². The molecule has 2 atom stereocenters. The molecule has 1 aliphatic heterocycles. The maximum Gasteiger partial charge on any atom is 0.317 e. The Hall–Kier alpha value is -2.18. The van der Waals surface area contributed by atoms with Gasteiger partial charge in [0.1, 0.15) is 12.0 Å². The molecular formula is C17H21F2N3O2. The van der Waals surface area contributed by atoms with E-state index in [0.29, 0.717) is 39.0 Å². The molecule has 2 fully saturated rings.